The normalized spacial score (nSPS) is 23.7. The number of anilines is 1. The van der Waals surface area contributed by atoms with Crippen LogP contribution in [0, 0.1) is 17.8 Å². The minimum atomic E-state index is -1.04. The van der Waals surface area contributed by atoms with Crippen molar-refractivity contribution < 1.29 is 49.2 Å². The van der Waals surface area contributed by atoms with Crippen LogP contribution in [0.2, 0.25) is 0 Å². The lowest BCUT2D eigenvalue weighted by atomic mass is 9.68. The van der Waals surface area contributed by atoms with Crippen molar-refractivity contribution in [2.75, 3.05) is 52.6 Å². The van der Waals surface area contributed by atoms with Gasteiger partial charge in [-0.25, -0.2) is 0 Å². The average molecular weight is 869 g/mol. The van der Waals surface area contributed by atoms with E-state index in [1.807, 2.05) is 49.4 Å². The second-order valence-electron chi connectivity index (χ2n) is 17.8. The van der Waals surface area contributed by atoms with Crippen LogP contribution in [0.25, 0.3) is 23.3 Å². The highest BCUT2D eigenvalue weighted by Crippen LogP contribution is 2.58. The highest BCUT2D eigenvalue weighted by atomic mass is 16.5. The molecule has 5 aliphatic rings. The quantitative estimate of drug-likeness (QED) is 0.0556. The maximum absolute atomic E-state index is 12.5. The Morgan fingerprint density at radius 2 is 1.59 bits per heavy atom. The molecule has 1 saturated carbocycles. The summed E-state index contributed by atoms with van der Waals surface area (Å²) >= 11 is 0. The van der Waals surface area contributed by atoms with Gasteiger partial charge in [0.15, 0.2) is 17.7 Å². The summed E-state index contributed by atoms with van der Waals surface area (Å²) in [5.41, 5.74) is 7.85. The highest BCUT2D eigenvalue weighted by molar-refractivity contribution is 5.93. The molecular weight excluding hydrogens is 813 g/mol. The van der Waals surface area contributed by atoms with Crippen molar-refractivity contribution in [1.29, 1.82) is 0 Å². The number of fused-ring (bicyclic) bond motifs is 4. The number of benzene rings is 5. The van der Waals surface area contributed by atoms with Gasteiger partial charge in [-0.15, -0.1) is 0 Å². The van der Waals surface area contributed by atoms with Crippen molar-refractivity contribution in [3.05, 3.63) is 122 Å². The monoisotopic (exact) mass is 868 g/mol. The largest absolute Gasteiger partial charge is 0.502 e. The van der Waals surface area contributed by atoms with Crippen LogP contribution in [0.15, 0.2) is 72.8 Å². The molecule has 2 aliphatic heterocycles. The van der Waals surface area contributed by atoms with Gasteiger partial charge in [0.1, 0.15) is 24.0 Å². The molecule has 7 atom stereocenters. The predicted octanol–water partition coefficient (Wildman–Crippen LogP) is 5.47. The molecule has 7 unspecified atom stereocenters. The van der Waals surface area contributed by atoms with Crippen LogP contribution in [-0.2, 0) is 24.9 Å². The van der Waals surface area contributed by atoms with E-state index in [4.69, 9.17) is 23.7 Å². The zero-order valence-electron chi connectivity index (χ0n) is 36.4. The fourth-order valence-corrected chi connectivity index (χ4v) is 11.5. The van der Waals surface area contributed by atoms with Crippen molar-refractivity contribution in [3.8, 4) is 45.6 Å². The standard InChI is InChI=1S/C52H56N2O10/c1-4-53-27-64-42-20-40(60-2)35-13-14-36-45-39(54-51(59)48(42)47(35)45)19-41-46(36)49(57)38(26-63-41)30-17-43(61-3)50(58)44(18-30)62-25-34(24-56)52(33-11-6-5-7-12-33)21-31-15-28-9-8-10-29(23-55)37(28)16-32(31)22-52/h5-12,15-20,31-32,34,38,49,51,53-59H,4,13-14,21-27H2,1-3H3. The summed E-state index contributed by atoms with van der Waals surface area (Å²) in [6.07, 6.45) is 5.35. The third kappa shape index (κ3) is 6.85. The predicted molar refractivity (Wildman–Crippen MR) is 242 cm³/mol. The number of phenolic OH excluding ortho intramolecular Hbond substituents is 1. The molecular formula is C52H56N2O10. The molecule has 2 heterocycles. The van der Waals surface area contributed by atoms with Gasteiger partial charge in [0.2, 0.25) is 5.75 Å². The van der Waals surface area contributed by atoms with Gasteiger partial charge in [-0.2, -0.15) is 0 Å². The van der Waals surface area contributed by atoms with Crippen molar-refractivity contribution in [3.63, 3.8) is 0 Å². The summed E-state index contributed by atoms with van der Waals surface area (Å²) < 4.78 is 30.8. The number of aromatic hydroxyl groups is 1. The lowest BCUT2D eigenvalue weighted by Gasteiger charge is -2.39. The molecule has 0 radical (unpaired) electrons. The van der Waals surface area contributed by atoms with Crippen molar-refractivity contribution in [2.45, 2.75) is 62.9 Å². The molecule has 64 heavy (non-hydrogen) atoms. The molecule has 7 N–H and O–H groups in total. The summed E-state index contributed by atoms with van der Waals surface area (Å²) in [6, 6.07) is 23.6. The van der Waals surface area contributed by atoms with Crippen LogP contribution < -0.4 is 44.8 Å². The molecule has 0 saturated heterocycles. The SMILES string of the molecule is CCNCOc1cc(OC)c2c3c1C(O)Nc1cc4c(c(c1-3)CC2)C(O)C(c1cc(OC)c(O)c(OCC(CO)C2(c3ccccc3)CC3C=c5cccc(CO)c5=CC3C2)c1)CO4. The Hall–Kier alpha value is -5.76. The summed E-state index contributed by atoms with van der Waals surface area (Å²) in [6.45, 7) is 3.03. The molecule has 0 bridgehead atoms. The molecule has 3 aliphatic carbocycles. The minimum absolute atomic E-state index is 0.0326. The number of hydrogen-bond donors (Lipinski definition) is 7. The fourth-order valence-electron chi connectivity index (χ4n) is 11.5. The molecule has 0 amide bonds. The molecule has 334 valence electrons. The highest BCUT2D eigenvalue weighted by Gasteiger charge is 2.50. The summed E-state index contributed by atoms with van der Waals surface area (Å²) in [4.78, 5) is 0. The first-order chi connectivity index (χ1) is 31.2. The van der Waals surface area contributed by atoms with E-state index in [1.54, 1.807) is 19.2 Å². The maximum atomic E-state index is 12.5. The third-order valence-corrected chi connectivity index (χ3v) is 14.6. The van der Waals surface area contributed by atoms with E-state index in [2.05, 4.69) is 41.0 Å². The van der Waals surface area contributed by atoms with E-state index >= 15 is 0 Å². The Balaban J connectivity index is 0.979. The van der Waals surface area contributed by atoms with Crippen LogP contribution in [0.1, 0.15) is 77.0 Å². The number of aliphatic hydroxyl groups excluding tert-OH is 4. The Morgan fingerprint density at radius 1 is 0.828 bits per heavy atom. The Morgan fingerprint density at radius 3 is 2.34 bits per heavy atom. The second-order valence-corrected chi connectivity index (χ2v) is 17.8. The number of nitrogens with one attached hydrogen (secondary N) is 2. The molecule has 5 aromatic carbocycles. The van der Waals surface area contributed by atoms with Crippen LogP contribution in [-0.4, -0.2) is 72.8 Å². The molecule has 12 nitrogen and oxygen atoms in total. The molecule has 12 heteroatoms. The smallest absolute Gasteiger partial charge is 0.200 e. The maximum Gasteiger partial charge on any atom is 0.200 e. The average Bonchev–Trinajstić information content (AvgIpc) is 3.70. The van der Waals surface area contributed by atoms with Gasteiger partial charge in [0.25, 0.3) is 0 Å². The van der Waals surface area contributed by atoms with Gasteiger partial charge in [0.05, 0.1) is 45.7 Å². The van der Waals surface area contributed by atoms with E-state index in [0.717, 1.165) is 63.2 Å². The molecule has 5 aromatic rings. The van der Waals surface area contributed by atoms with Crippen molar-refractivity contribution in [1.82, 2.24) is 5.32 Å². The lowest BCUT2D eigenvalue weighted by Crippen LogP contribution is -2.39. The first kappa shape index (κ1) is 42.2. The van der Waals surface area contributed by atoms with Crippen LogP contribution in [0.4, 0.5) is 5.69 Å². The van der Waals surface area contributed by atoms with Crippen molar-refractivity contribution >= 4 is 17.8 Å². The Bertz CT molecular complexity index is 2720. The number of ether oxygens (including phenoxy) is 5. The number of rotatable bonds is 14. The van der Waals surface area contributed by atoms with Gasteiger partial charge in [-0.3, -0.25) is 5.32 Å². The fraction of sp³-hybridized carbons (Fsp3) is 0.385. The number of phenols is 1. The van der Waals surface area contributed by atoms with Crippen LogP contribution >= 0.6 is 0 Å². The third-order valence-electron chi connectivity index (χ3n) is 14.6. The van der Waals surface area contributed by atoms with E-state index in [-0.39, 0.29) is 68.2 Å². The molecule has 1 fully saturated rings. The summed E-state index contributed by atoms with van der Waals surface area (Å²) in [7, 11) is 3.12. The van der Waals surface area contributed by atoms with Gasteiger partial charge < -0.3 is 54.5 Å². The Kier molecular flexibility index (Phi) is 11.2. The van der Waals surface area contributed by atoms with Crippen LogP contribution in [0.5, 0.6) is 34.5 Å². The van der Waals surface area contributed by atoms with Crippen LogP contribution in [0.3, 0.4) is 0 Å². The summed E-state index contributed by atoms with van der Waals surface area (Å²) in [5, 5.41) is 65.6. The summed E-state index contributed by atoms with van der Waals surface area (Å²) in [5.74, 6) is 1.43. The van der Waals surface area contributed by atoms with Gasteiger partial charge in [-0.1, -0.05) is 67.6 Å². The first-order valence-electron chi connectivity index (χ1n) is 22.4. The van der Waals surface area contributed by atoms with E-state index in [0.29, 0.717) is 52.5 Å². The van der Waals surface area contributed by atoms with Crippen molar-refractivity contribution in [2.24, 2.45) is 17.8 Å². The van der Waals surface area contributed by atoms with Gasteiger partial charge >= 0.3 is 0 Å². The number of hydrogen-bond acceptors (Lipinski definition) is 12. The van der Waals surface area contributed by atoms with Gasteiger partial charge in [-0.05, 0) is 88.9 Å². The van der Waals surface area contributed by atoms with E-state index in [1.165, 1.54) is 7.11 Å². The molecule has 10 rings (SSSR count). The topological polar surface area (TPSA) is 171 Å². The molecule has 0 spiro atoms. The Labute approximate surface area is 372 Å². The second kappa shape index (κ2) is 17.0. The number of aliphatic hydroxyl groups is 4. The van der Waals surface area contributed by atoms with E-state index < -0.39 is 23.7 Å². The van der Waals surface area contributed by atoms with Gasteiger partial charge in [0, 0.05) is 63.9 Å². The lowest BCUT2D eigenvalue weighted by molar-refractivity contribution is 0.0866. The van der Waals surface area contributed by atoms with E-state index in [9.17, 15) is 25.5 Å². The zero-order chi connectivity index (χ0) is 44.3. The minimum Gasteiger partial charge on any atom is -0.502 e. The first-order valence-corrected chi connectivity index (χ1v) is 22.4. The number of methoxy groups -OCH3 is 2. The zero-order valence-corrected chi connectivity index (χ0v) is 36.4. The molecule has 0 aromatic heterocycles.